The highest BCUT2D eigenvalue weighted by molar-refractivity contribution is 7.91. The Bertz CT molecular complexity index is 781. The number of nitrogens with one attached hydrogen (secondary N) is 1. The lowest BCUT2D eigenvalue weighted by Gasteiger charge is -2.17. The summed E-state index contributed by atoms with van der Waals surface area (Å²) in [6.45, 7) is 9.34. The maximum atomic E-state index is 12.7. The van der Waals surface area contributed by atoms with Crippen molar-refractivity contribution in [2.24, 2.45) is 5.92 Å². The van der Waals surface area contributed by atoms with Crippen molar-refractivity contribution >= 4 is 19.9 Å². The molecule has 1 unspecified atom stereocenters. The standard InChI is InChI=1S/C17H29NO4S2/c1-12(2)8-7-9-14(4)18-24(21,22)17-11-13(3)10-16(15(17)5)23(6,19)20/h10-12,14,18H,7-9H2,1-6H3. The van der Waals surface area contributed by atoms with Crippen LogP contribution in [0.25, 0.3) is 0 Å². The second-order valence-corrected chi connectivity index (χ2v) is 10.7. The van der Waals surface area contributed by atoms with Gasteiger partial charge in [0.05, 0.1) is 9.79 Å². The molecule has 7 heteroatoms. The van der Waals surface area contributed by atoms with Crippen LogP contribution in [0.15, 0.2) is 21.9 Å². The van der Waals surface area contributed by atoms with Gasteiger partial charge in [0.2, 0.25) is 10.0 Å². The Morgan fingerprint density at radius 3 is 2.00 bits per heavy atom. The summed E-state index contributed by atoms with van der Waals surface area (Å²) in [4.78, 5) is 0.106. The maximum absolute atomic E-state index is 12.7. The van der Waals surface area contributed by atoms with Crippen LogP contribution in [-0.2, 0) is 19.9 Å². The van der Waals surface area contributed by atoms with Crippen molar-refractivity contribution in [2.75, 3.05) is 6.26 Å². The van der Waals surface area contributed by atoms with Gasteiger partial charge in [0.15, 0.2) is 9.84 Å². The smallest absolute Gasteiger partial charge is 0.224 e. The minimum atomic E-state index is -3.76. The molecule has 1 N–H and O–H groups in total. The molecule has 0 amide bonds. The Morgan fingerprint density at radius 2 is 1.50 bits per heavy atom. The minimum Gasteiger partial charge on any atom is -0.224 e. The van der Waals surface area contributed by atoms with E-state index in [9.17, 15) is 16.8 Å². The number of aryl methyl sites for hydroxylation is 1. The molecule has 0 radical (unpaired) electrons. The summed E-state index contributed by atoms with van der Waals surface area (Å²) < 4.78 is 51.8. The van der Waals surface area contributed by atoms with Gasteiger partial charge in [-0.25, -0.2) is 21.6 Å². The Morgan fingerprint density at radius 1 is 0.958 bits per heavy atom. The van der Waals surface area contributed by atoms with Crippen molar-refractivity contribution in [3.05, 3.63) is 23.3 Å². The number of benzene rings is 1. The number of rotatable bonds is 8. The van der Waals surface area contributed by atoms with Crippen molar-refractivity contribution in [1.82, 2.24) is 4.72 Å². The average Bonchev–Trinajstić information content (AvgIpc) is 2.38. The summed E-state index contributed by atoms with van der Waals surface area (Å²) in [5.41, 5.74) is 0.874. The van der Waals surface area contributed by atoms with Gasteiger partial charge < -0.3 is 0 Å². The summed E-state index contributed by atoms with van der Waals surface area (Å²) in [7, 11) is -7.24. The second-order valence-electron chi connectivity index (χ2n) is 7.01. The fraction of sp³-hybridized carbons (Fsp3) is 0.647. The molecule has 1 aromatic carbocycles. The molecule has 0 heterocycles. The molecule has 0 bridgehead atoms. The molecule has 0 saturated carbocycles. The van der Waals surface area contributed by atoms with Crippen LogP contribution < -0.4 is 4.72 Å². The van der Waals surface area contributed by atoms with Gasteiger partial charge >= 0.3 is 0 Å². The Hall–Kier alpha value is -0.920. The average molecular weight is 376 g/mol. The molecule has 0 aliphatic carbocycles. The van der Waals surface area contributed by atoms with Gasteiger partial charge in [-0.05, 0) is 56.4 Å². The molecule has 0 saturated heterocycles. The van der Waals surface area contributed by atoms with Gasteiger partial charge in [0.1, 0.15) is 0 Å². The van der Waals surface area contributed by atoms with Crippen LogP contribution >= 0.6 is 0 Å². The summed E-state index contributed by atoms with van der Waals surface area (Å²) in [5.74, 6) is 0.588. The number of sulfonamides is 1. The van der Waals surface area contributed by atoms with E-state index in [4.69, 9.17) is 0 Å². The SMILES string of the molecule is Cc1cc(S(C)(=O)=O)c(C)c(S(=O)(=O)NC(C)CCCC(C)C)c1. The molecule has 1 aromatic rings. The quantitative estimate of drug-likeness (QED) is 0.756. The van der Waals surface area contributed by atoms with Crippen molar-refractivity contribution in [2.45, 2.75) is 69.7 Å². The molecular formula is C17H29NO4S2. The van der Waals surface area contributed by atoms with Crippen molar-refractivity contribution in [1.29, 1.82) is 0 Å². The molecule has 0 aliphatic heterocycles. The Balaban J connectivity index is 3.09. The van der Waals surface area contributed by atoms with E-state index in [0.717, 1.165) is 25.5 Å². The molecule has 0 aromatic heterocycles. The highest BCUT2D eigenvalue weighted by Crippen LogP contribution is 2.25. The maximum Gasteiger partial charge on any atom is 0.241 e. The first-order valence-corrected chi connectivity index (χ1v) is 11.6. The van der Waals surface area contributed by atoms with Crippen molar-refractivity contribution in [3.63, 3.8) is 0 Å². The van der Waals surface area contributed by atoms with Gasteiger partial charge in [-0.1, -0.05) is 26.7 Å². The first-order valence-electron chi connectivity index (χ1n) is 8.18. The Kier molecular flexibility index (Phi) is 7.02. The molecule has 1 atom stereocenters. The van der Waals surface area contributed by atoms with E-state index in [2.05, 4.69) is 18.6 Å². The molecular weight excluding hydrogens is 346 g/mol. The topological polar surface area (TPSA) is 80.3 Å². The third-order valence-electron chi connectivity index (χ3n) is 3.92. The predicted molar refractivity (Wildman–Crippen MR) is 97.5 cm³/mol. The number of hydrogen-bond donors (Lipinski definition) is 1. The third kappa shape index (κ3) is 5.86. The third-order valence-corrected chi connectivity index (χ3v) is 6.86. The monoisotopic (exact) mass is 375 g/mol. The van der Waals surface area contributed by atoms with E-state index in [1.54, 1.807) is 6.92 Å². The number of sulfone groups is 1. The molecule has 138 valence electrons. The molecule has 5 nitrogen and oxygen atoms in total. The van der Waals surface area contributed by atoms with Gasteiger partial charge in [-0.3, -0.25) is 0 Å². The van der Waals surface area contributed by atoms with Crippen LogP contribution in [-0.4, -0.2) is 29.1 Å². The first-order chi connectivity index (χ1) is 10.8. The zero-order valence-electron chi connectivity index (χ0n) is 15.4. The fourth-order valence-electron chi connectivity index (χ4n) is 2.68. The minimum absolute atomic E-state index is 0.0404. The van der Waals surface area contributed by atoms with Crippen LogP contribution in [0.2, 0.25) is 0 Å². The highest BCUT2D eigenvalue weighted by atomic mass is 32.2. The van der Waals surface area contributed by atoms with E-state index >= 15 is 0 Å². The largest absolute Gasteiger partial charge is 0.241 e. The zero-order valence-corrected chi connectivity index (χ0v) is 17.0. The first kappa shape index (κ1) is 21.1. The fourth-order valence-corrected chi connectivity index (χ4v) is 5.44. The summed E-state index contributed by atoms with van der Waals surface area (Å²) >= 11 is 0. The lowest BCUT2D eigenvalue weighted by molar-refractivity contribution is 0.488. The van der Waals surface area contributed by atoms with Crippen LogP contribution in [0.1, 0.15) is 51.2 Å². The van der Waals surface area contributed by atoms with Gasteiger partial charge in [0, 0.05) is 12.3 Å². The van der Waals surface area contributed by atoms with E-state index in [0.29, 0.717) is 11.5 Å². The highest BCUT2D eigenvalue weighted by Gasteiger charge is 2.24. The summed E-state index contributed by atoms with van der Waals surface area (Å²) in [6, 6.07) is 2.83. The lowest BCUT2D eigenvalue weighted by atomic mass is 10.0. The van der Waals surface area contributed by atoms with Crippen LogP contribution in [0.4, 0.5) is 0 Å². The summed E-state index contributed by atoms with van der Waals surface area (Å²) in [6.07, 6.45) is 3.84. The molecule has 24 heavy (non-hydrogen) atoms. The normalized spacial score (nSPS) is 14.1. The Labute approximate surface area is 146 Å². The zero-order chi connectivity index (χ0) is 18.7. The van der Waals surface area contributed by atoms with Crippen LogP contribution in [0, 0.1) is 19.8 Å². The molecule has 0 fully saturated rings. The van der Waals surface area contributed by atoms with Crippen molar-refractivity contribution < 1.29 is 16.8 Å². The number of hydrogen-bond acceptors (Lipinski definition) is 4. The molecule has 0 aliphatic rings. The lowest BCUT2D eigenvalue weighted by Crippen LogP contribution is -2.33. The second kappa shape index (κ2) is 7.97. The van der Waals surface area contributed by atoms with E-state index in [1.165, 1.54) is 19.1 Å². The van der Waals surface area contributed by atoms with Crippen LogP contribution in [0.5, 0.6) is 0 Å². The van der Waals surface area contributed by atoms with Gasteiger partial charge in [0.25, 0.3) is 0 Å². The molecule has 0 spiro atoms. The van der Waals surface area contributed by atoms with E-state index in [1.807, 2.05) is 6.92 Å². The van der Waals surface area contributed by atoms with Gasteiger partial charge in [-0.2, -0.15) is 0 Å². The molecule has 1 rings (SSSR count). The summed E-state index contributed by atoms with van der Waals surface area (Å²) in [5, 5.41) is 0. The van der Waals surface area contributed by atoms with Gasteiger partial charge in [-0.15, -0.1) is 0 Å². The predicted octanol–water partition coefficient (Wildman–Crippen LogP) is 3.20. The van der Waals surface area contributed by atoms with E-state index in [-0.39, 0.29) is 21.4 Å². The van der Waals surface area contributed by atoms with E-state index < -0.39 is 19.9 Å². The van der Waals surface area contributed by atoms with Crippen molar-refractivity contribution in [3.8, 4) is 0 Å². The van der Waals surface area contributed by atoms with Crippen LogP contribution in [0.3, 0.4) is 0 Å².